The minimum atomic E-state index is 0.433. The Hall–Kier alpha value is -2.00. The van der Waals surface area contributed by atoms with E-state index in [9.17, 15) is 0 Å². The molecule has 3 nitrogen and oxygen atoms in total. The van der Waals surface area contributed by atoms with Crippen LogP contribution in [0.2, 0.25) is 0 Å². The van der Waals surface area contributed by atoms with E-state index in [1.807, 2.05) is 6.07 Å². The molecule has 22 heavy (non-hydrogen) atoms. The highest BCUT2D eigenvalue weighted by molar-refractivity contribution is 5.38. The van der Waals surface area contributed by atoms with E-state index in [4.69, 9.17) is 9.47 Å². The van der Waals surface area contributed by atoms with Crippen LogP contribution in [0.25, 0.3) is 0 Å². The highest BCUT2D eigenvalue weighted by atomic mass is 16.5. The van der Waals surface area contributed by atoms with Gasteiger partial charge in [0, 0.05) is 18.7 Å². The number of nitrogens with one attached hydrogen (secondary N) is 1. The van der Waals surface area contributed by atoms with E-state index in [0.29, 0.717) is 6.04 Å². The maximum Gasteiger partial charge on any atom is 0.122 e. The molecule has 1 aliphatic carbocycles. The fourth-order valence-electron chi connectivity index (χ4n) is 3.18. The van der Waals surface area contributed by atoms with Gasteiger partial charge in [0.1, 0.15) is 11.5 Å². The Morgan fingerprint density at radius 3 is 2.50 bits per heavy atom. The van der Waals surface area contributed by atoms with Crippen LogP contribution in [0, 0.1) is 0 Å². The topological polar surface area (TPSA) is 30.5 Å². The number of hydrogen-bond acceptors (Lipinski definition) is 3. The van der Waals surface area contributed by atoms with Crippen LogP contribution < -0.4 is 14.8 Å². The molecular formula is C19H23NO2. The van der Waals surface area contributed by atoms with Gasteiger partial charge < -0.3 is 14.8 Å². The molecule has 0 saturated carbocycles. The van der Waals surface area contributed by atoms with Gasteiger partial charge in [0.2, 0.25) is 0 Å². The summed E-state index contributed by atoms with van der Waals surface area (Å²) in [6.07, 6.45) is 3.63. The molecule has 0 saturated heterocycles. The molecule has 0 spiro atoms. The monoisotopic (exact) mass is 297 g/mol. The summed E-state index contributed by atoms with van der Waals surface area (Å²) in [6, 6.07) is 15.2. The molecule has 1 N–H and O–H groups in total. The van der Waals surface area contributed by atoms with E-state index >= 15 is 0 Å². The lowest BCUT2D eigenvalue weighted by Crippen LogP contribution is -2.24. The van der Waals surface area contributed by atoms with Crippen molar-refractivity contribution in [2.24, 2.45) is 0 Å². The van der Waals surface area contributed by atoms with Gasteiger partial charge in [-0.1, -0.05) is 24.3 Å². The normalized spacial score (nSPS) is 16.9. The standard InChI is InChI=1S/C19H23NO2/c1-21-16-10-14(11-17(12-16)22-2)13-20-19-9-5-7-15-6-3-4-8-18(15)19/h3-4,6,8,10-12,19-20H,5,7,9,13H2,1-2H3. The second-order valence-corrected chi connectivity index (χ2v) is 5.75. The quantitative estimate of drug-likeness (QED) is 0.908. The summed E-state index contributed by atoms with van der Waals surface area (Å²) in [7, 11) is 3.37. The average Bonchev–Trinajstić information content (AvgIpc) is 2.59. The van der Waals surface area contributed by atoms with Crippen molar-refractivity contribution in [1.29, 1.82) is 0 Å². The first-order chi connectivity index (χ1) is 10.8. The summed E-state index contributed by atoms with van der Waals surface area (Å²) in [5.74, 6) is 1.67. The van der Waals surface area contributed by atoms with Crippen LogP contribution in [-0.2, 0) is 13.0 Å². The summed E-state index contributed by atoms with van der Waals surface area (Å²) < 4.78 is 10.7. The number of hydrogen-bond donors (Lipinski definition) is 1. The van der Waals surface area contributed by atoms with E-state index in [-0.39, 0.29) is 0 Å². The zero-order chi connectivity index (χ0) is 15.4. The lowest BCUT2D eigenvalue weighted by Gasteiger charge is -2.26. The van der Waals surface area contributed by atoms with Crippen molar-refractivity contribution in [3.8, 4) is 11.5 Å². The summed E-state index contributed by atoms with van der Waals surface area (Å²) in [4.78, 5) is 0. The molecule has 1 atom stereocenters. The van der Waals surface area contributed by atoms with E-state index in [1.165, 1.54) is 36.0 Å². The van der Waals surface area contributed by atoms with Crippen molar-refractivity contribution in [2.45, 2.75) is 31.8 Å². The van der Waals surface area contributed by atoms with E-state index in [2.05, 4.69) is 41.7 Å². The molecular weight excluding hydrogens is 274 g/mol. The molecule has 3 heteroatoms. The van der Waals surface area contributed by atoms with Gasteiger partial charge in [-0.25, -0.2) is 0 Å². The smallest absolute Gasteiger partial charge is 0.122 e. The summed E-state index contributed by atoms with van der Waals surface area (Å²) in [5.41, 5.74) is 4.11. The van der Waals surface area contributed by atoms with Gasteiger partial charge in [0.15, 0.2) is 0 Å². The van der Waals surface area contributed by atoms with Gasteiger partial charge in [0.05, 0.1) is 14.2 Å². The van der Waals surface area contributed by atoms with Crippen LogP contribution in [0.1, 0.15) is 35.6 Å². The largest absolute Gasteiger partial charge is 0.497 e. The number of benzene rings is 2. The first-order valence-electron chi connectivity index (χ1n) is 7.83. The SMILES string of the molecule is COc1cc(CNC2CCCc3ccccc32)cc(OC)c1. The van der Waals surface area contributed by atoms with Crippen LogP contribution in [0.5, 0.6) is 11.5 Å². The zero-order valence-electron chi connectivity index (χ0n) is 13.3. The second-order valence-electron chi connectivity index (χ2n) is 5.75. The highest BCUT2D eigenvalue weighted by Gasteiger charge is 2.19. The Kier molecular flexibility index (Phi) is 4.64. The molecule has 0 heterocycles. The fourth-order valence-corrected chi connectivity index (χ4v) is 3.18. The van der Waals surface area contributed by atoms with Gasteiger partial charge in [-0.05, 0) is 48.1 Å². The molecule has 2 aromatic rings. The van der Waals surface area contributed by atoms with Crippen molar-refractivity contribution in [3.05, 3.63) is 59.2 Å². The van der Waals surface area contributed by atoms with Crippen molar-refractivity contribution in [1.82, 2.24) is 5.32 Å². The number of fused-ring (bicyclic) bond motifs is 1. The predicted molar refractivity (Wildman–Crippen MR) is 88.5 cm³/mol. The van der Waals surface area contributed by atoms with E-state index in [0.717, 1.165) is 18.0 Å². The third-order valence-electron chi connectivity index (χ3n) is 4.33. The van der Waals surface area contributed by atoms with Gasteiger partial charge >= 0.3 is 0 Å². The number of aryl methyl sites for hydroxylation is 1. The fraction of sp³-hybridized carbons (Fsp3) is 0.368. The molecule has 1 aliphatic rings. The van der Waals surface area contributed by atoms with E-state index < -0.39 is 0 Å². The lowest BCUT2D eigenvalue weighted by molar-refractivity contribution is 0.392. The van der Waals surface area contributed by atoms with Crippen molar-refractivity contribution in [3.63, 3.8) is 0 Å². The second kappa shape index (κ2) is 6.84. The predicted octanol–water partition coefficient (Wildman–Crippen LogP) is 3.87. The summed E-state index contributed by atoms with van der Waals surface area (Å²) >= 11 is 0. The van der Waals surface area contributed by atoms with Crippen LogP contribution in [0.4, 0.5) is 0 Å². The Balaban J connectivity index is 1.73. The van der Waals surface area contributed by atoms with Crippen molar-refractivity contribution in [2.75, 3.05) is 14.2 Å². The molecule has 2 aromatic carbocycles. The Bertz CT molecular complexity index is 617. The average molecular weight is 297 g/mol. The van der Waals surface area contributed by atoms with Crippen molar-refractivity contribution < 1.29 is 9.47 Å². The number of rotatable bonds is 5. The highest BCUT2D eigenvalue weighted by Crippen LogP contribution is 2.30. The maximum atomic E-state index is 5.34. The molecule has 0 aliphatic heterocycles. The van der Waals surface area contributed by atoms with Gasteiger partial charge in [-0.2, -0.15) is 0 Å². The first kappa shape index (κ1) is 14.9. The Labute approximate surface area is 132 Å². The minimum Gasteiger partial charge on any atom is -0.497 e. The molecule has 0 bridgehead atoms. The third-order valence-corrected chi connectivity index (χ3v) is 4.33. The third kappa shape index (κ3) is 3.25. The van der Waals surface area contributed by atoms with Crippen molar-refractivity contribution >= 4 is 0 Å². The first-order valence-corrected chi connectivity index (χ1v) is 7.83. The van der Waals surface area contributed by atoms with Gasteiger partial charge in [-0.3, -0.25) is 0 Å². The molecule has 0 aromatic heterocycles. The molecule has 3 rings (SSSR count). The number of methoxy groups -OCH3 is 2. The molecule has 0 amide bonds. The molecule has 1 unspecified atom stereocenters. The van der Waals surface area contributed by atoms with Crippen LogP contribution >= 0.6 is 0 Å². The summed E-state index contributed by atoms with van der Waals surface area (Å²) in [5, 5.41) is 3.69. The zero-order valence-corrected chi connectivity index (χ0v) is 13.3. The van der Waals surface area contributed by atoms with Gasteiger partial charge in [-0.15, -0.1) is 0 Å². The lowest BCUT2D eigenvalue weighted by atomic mass is 9.87. The Morgan fingerprint density at radius 1 is 1.05 bits per heavy atom. The molecule has 0 fully saturated rings. The van der Waals surface area contributed by atoms with Crippen LogP contribution in [-0.4, -0.2) is 14.2 Å². The van der Waals surface area contributed by atoms with Gasteiger partial charge in [0.25, 0.3) is 0 Å². The Morgan fingerprint density at radius 2 is 1.77 bits per heavy atom. The maximum absolute atomic E-state index is 5.34. The van der Waals surface area contributed by atoms with Crippen LogP contribution in [0.15, 0.2) is 42.5 Å². The van der Waals surface area contributed by atoms with Crippen LogP contribution in [0.3, 0.4) is 0 Å². The molecule has 0 radical (unpaired) electrons. The van der Waals surface area contributed by atoms with E-state index in [1.54, 1.807) is 14.2 Å². The number of ether oxygens (including phenoxy) is 2. The molecule has 116 valence electrons. The summed E-state index contributed by atoms with van der Waals surface area (Å²) in [6.45, 7) is 0.812. The minimum absolute atomic E-state index is 0.433.